The van der Waals surface area contributed by atoms with Gasteiger partial charge >= 0.3 is 0 Å². The van der Waals surface area contributed by atoms with E-state index in [-0.39, 0.29) is 18.6 Å². The second-order valence-electron chi connectivity index (χ2n) is 5.32. The van der Waals surface area contributed by atoms with Gasteiger partial charge in [-0.25, -0.2) is 0 Å². The zero-order valence-corrected chi connectivity index (χ0v) is 14.6. The molecule has 0 saturated carbocycles. The zero-order valence-electron chi connectivity index (χ0n) is 14.6. The second-order valence-corrected chi connectivity index (χ2v) is 5.32. The van der Waals surface area contributed by atoms with E-state index in [9.17, 15) is 4.79 Å². The lowest BCUT2D eigenvalue weighted by molar-refractivity contribution is -0.126. The highest BCUT2D eigenvalue weighted by Crippen LogP contribution is 2.22. The quantitative estimate of drug-likeness (QED) is 0.591. The van der Waals surface area contributed by atoms with Crippen molar-refractivity contribution in [3.8, 4) is 11.5 Å². The first-order valence-corrected chi connectivity index (χ1v) is 7.85. The summed E-state index contributed by atoms with van der Waals surface area (Å²) in [7, 11) is 3.15. The lowest BCUT2D eigenvalue weighted by atomic mass is 10.1. The van der Waals surface area contributed by atoms with Crippen molar-refractivity contribution in [3.63, 3.8) is 0 Å². The summed E-state index contributed by atoms with van der Waals surface area (Å²) in [5.74, 6) is 1.07. The van der Waals surface area contributed by atoms with Crippen molar-refractivity contribution in [2.45, 2.75) is 13.0 Å². The monoisotopic (exact) mass is 342 g/mol. The Hall–Kier alpha value is -3.02. The molecule has 0 aromatic heterocycles. The van der Waals surface area contributed by atoms with Gasteiger partial charge in [0.05, 0.1) is 26.5 Å². The van der Waals surface area contributed by atoms with Crippen LogP contribution < -0.4 is 14.8 Å². The summed E-state index contributed by atoms with van der Waals surface area (Å²) >= 11 is 0. The van der Waals surface area contributed by atoms with Crippen LogP contribution in [0.1, 0.15) is 24.1 Å². The molecular weight excluding hydrogens is 320 g/mol. The van der Waals surface area contributed by atoms with E-state index in [0.29, 0.717) is 17.1 Å². The molecule has 0 bridgehead atoms. The summed E-state index contributed by atoms with van der Waals surface area (Å²) in [4.78, 5) is 17.0. The Bertz CT molecular complexity index is 717. The molecule has 1 N–H and O–H groups in total. The zero-order chi connectivity index (χ0) is 18.1. The van der Waals surface area contributed by atoms with E-state index in [1.807, 2.05) is 37.3 Å². The molecule has 2 aromatic carbocycles. The molecule has 1 amide bonds. The van der Waals surface area contributed by atoms with Crippen molar-refractivity contribution in [2.24, 2.45) is 5.16 Å². The van der Waals surface area contributed by atoms with Crippen LogP contribution in [0.4, 0.5) is 0 Å². The van der Waals surface area contributed by atoms with Gasteiger partial charge in [0.2, 0.25) is 0 Å². The van der Waals surface area contributed by atoms with E-state index in [1.54, 1.807) is 32.4 Å². The third kappa shape index (κ3) is 5.53. The normalized spacial score (nSPS) is 11.8. The molecule has 2 rings (SSSR count). The third-order valence-electron chi connectivity index (χ3n) is 3.58. The summed E-state index contributed by atoms with van der Waals surface area (Å²) in [6.45, 7) is 1.75. The van der Waals surface area contributed by atoms with Crippen LogP contribution in [-0.4, -0.2) is 32.9 Å². The Morgan fingerprint density at radius 3 is 2.60 bits per heavy atom. The number of nitrogens with zero attached hydrogens (tertiary/aromatic N) is 1. The molecule has 0 aliphatic carbocycles. The molecule has 0 fully saturated rings. The SMILES string of the molecule is COc1ccc(OC)c(/C=N\OCC(=O)N[C@@H](C)c2ccccc2)c1. The molecule has 2 aromatic rings. The Morgan fingerprint density at radius 2 is 1.92 bits per heavy atom. The van der Waals surface area contributed by atoms with E-state index in [4.69, 9.17) is 14.3 Å². The van der Waals surface area contributed by atoms with Gasteiger partial charge in [0.1, 0.15) is 11.5 Å². The number of carbonyl (C=O) groups excluding carboxylic acids is 1. The van der Waals surface area contributed by atoms with Gasteiger partial charge in [0.15, 0.2) is 6.61 Å². The highest BCUT2D eigenvalue weighted by molar-refractivity contribution is 5.84. The van der Waals surface area contributed by atoms with E-state index in [2.05, 4.69) is 10.5 Å². The van der Waals surface area contributed by atoms with Crippen LogP contribution in [0.2, 0.25) is 0 Å². The standard InChI is InChI=1S/C19H22N2O4/c1-14(15-7-5-4-6-8-15)21-19(22)13-25-20-12-16-11-17(23-2)9-10-18(16)24-3/h4-12,14H,13H2,1-3H3,(H,21,22)/b20-12-/t14-/m0/s1. The molecule has 6 heteroatoms. The Kier molecular flexibility index (Phi) is 6.83. The molecule has 6 nitrogen and oxygen atoms in total. The van der Waals surface area contributed by atoms with Crippen LogP contribution in [0.3, 0.4) is 0 Å². The van der Waals surface area contributed by atoms with Crippen LogP contribution in [0.15, 0.2) is 53.7 Å². The number of oxime groups is 1. The van der Waals surface area contributed by atoms with E-state index >= 15 is 0 Å². The number of methoxy groups -OCH3 is 2. The van der Waals surface area contributed by atoms with Crippen LogP contribution in [0, 0.1) is 0 Å². The highest BCUT2D eigenvalue weighted by Gasteiger charge is 2.09. The van der Waals surface area contributed by atoms with Gasteiger partial charge in [-0.1, -0.05) is 35.5 Å². The topological polar surface area (TPSA) is 69.1 Å². The number of rotatable bonds is 8. The summed E-state index contributed by atoms with van der Waals surface area (Å²) in [5, 5.41) is 6.68. The maximum atomic E-state index is 11.9. The fourth-order valence-corrected chi connectivity index (χ4v) is 2.24. The number of amides is 1. The predicted octanol–water partition coefficient (Wildman–Crippen LogP) is 2.93. The molecule has 0 heterocycles. The Morgan fingerprint density at radius 1 is 1.16 bits per heavy atom. The summed E-state index contributed by atoms with van der Waals surface area (Å²) in [6.07, 6.45) is 1.48. The van der Waals surface area contributed by atoms with Crippen LogP contribution >= 0.6 is 0 Å². The van der Waals surface area contributed by atoms with Gasteiger partial charge in [-0.05, 0) is 30.7 Å². The predicted molar refractivity (Wildman–Crippen MR) is 96.1 cm³/mol. The summed E-state index contributed by atoms with van der Waals surface area (Å²) in [5.41, 5.74) is 1.72. The van der Waals surface area contributed by atoms with Gasteiger partial charge in [0, 0.05) is 5.56 Å². The number of nitrogens with one attached hydrogen (secondary N) is 1. The molecular formula is C19H22N2O4. The molecule has 1 atom stereocenters. The minimum atomic E-state index is -0.244. The summed E-state index contributed by atoms with van der Waals surface area (Å²) in [6, 6.07) is 14.9. The maximum absolute atomic E-state index is 11.9. The maximum Gasteiger partial charge on any atom is 0.261 e. The first kappa shape index (κ1) is 18.3. The number of hydrogen-bond acceptors (Lipinski definition) is 5. The average Bonchev–Trinajstić information content (AvgIpc) is 2.65. The van der Waals surface area contributed by atoms with Gasteiger partial charge in [-0.3, -0.25) is 4.79 Å². The molecule has 132 valence electrons. The molecule has 25 heavy (non-hydrogen) atoms. The van der Waals surface area contributed by atoms with Crippen molar-refractivity contribution in [1.29, 1.82) is 0 Å². The molecule has 0 spiro atoms. The smallest absolute Gasteiger partial charge is 0.261 e. The van der Waals surface area contributed by atoms with E-state index < -0.39 is 0 Å². The molecule has 0 aliphatic heterocycles. The fraction of sp³-hybridized carbons (Fsp3) is 0.263. The summed E-state index contributed by atoms with van der Waals surface area (Å²) < 4.78 is 10.4. The second kappa shape index (κ2) is 9.32. The highest BCUT2D eigenvalue weighted by atomic mass is 16.6. The van der Waals surface area contributed by atoms with Crippen molar-refractivity contribution in [3.05, 3.63) is 59.7 Å². The van der Waals surface area contributed by atoms with Crippen LogP contribution in [0.25, 0.3) is 0 Å². The third-order valence-corrected chi connectivity index (χ3v) is 3.58. The molecule has 0 unspecified atom stereocenters. The first-order chi connectivity index (χ1) is 12.1. The van der Waals surface area contributed by atoms with Gasteiger partial charge in [-0.15, -0.1) is 0 Å². The van der Waals surface area contributed by atoms with Crippen molar-refractivity contribution in [2.75, 3.05) is 20.8 Å². The van der Waals surface area contributed by atoms with Crippen LogP contribution in [-0.2, 0) is 9.63 Å². The van der Waals surface area contributed by atoms with Crippen molar-refractivity contribution in [1.82, 2.24) is 5.32 Å². The van der Waals surface area contributed by atoms with Gasteiger partial charge in [-0.2, -0.15) is 0 Å². The number of carbonyl (C=O) groups is 1. The Labute approximate surface area is 147 Å². The lowest BCUT2D eigenvalue weighted by Gasteiger charge is -2.13. The van der Waals surface area contributed by atoms with E-state index in [1.165, 1.54) is 6.21 Å². The molecule has 0 aliphatic rings. The van der Waals surface area contributed by atoms with Crippen molar-refractivity contribution < 1.29 is 19.1 Å². The minimum absolute atomic E-state index is 0.0974. The van der Waals surface area contributed by atoms with E-state index in [0.717, 1.165) is 5.56 Å². The minimum Gasteiger partial charge on any atom is -0.497 e. The number of benzene rings is 2. The lowest BCUT2D eigenvalue weighted by Crippen LogP contribution is -2.29. The van der Waals surface area contributed by atoms with Crippen LogP contribution in [0.5, 0.6) is 11.5 Å². The fourth-order valence-electron chi connectivity index (χ4n) is 2.24. The van der Waals surface area contributed by atoms with Gasteiger partial charge < -0.3 is 19.6 Å². The average molecular weight is 342 g/mol. The largest absolute Gasteiger partial charge is 0.497 e. The number of ether oxygens (including phenoxy) is 2. The first-order valence-electron chi connectivity index (χ1n) is 7.85. The van der Waals surface area contributed by atoms with Crippen molar-refractivity contribution >= 4 is 12.1 Å². The van der Waals surface area contributed by atoms with Gasteiger partial charge in [0.25, 0.3) is 5.91 Å². The number of hydrogen-bond donors (Lipinski definition) is 1. The Balaban J connectivity index is 1.85. The molecule has 0 saturated heterocycles. The molecule has 0 radical (unpaired) electrons.